The topological polar surface area (TPSA) is 72.6 Å². The zero-order chi connectivity index (χ0) is 12.7. The number of rotatable bonds is 7. The van der Waals surface area contributed by atoms with Crippen molar-refractivity contribution in [1.29, 1.82) is 0 Å². The number of nitro groups is 1. The monoisotopic (exact) mass is 239 g/mol. The van der Waals surface area contributed by atoms with Crippen molar-refractivity contribution in [2.45, 2.75) is 26.2 Å². The summed E-state index contributed by atoms with van der Waals surface area (Å²) in [5.74, 6) is 0.520. The van der Waals surface area contributed by atoms with Crippen molar-refractivity contribution in [1.82, 2.24) is 0 Å². The largest absolute Gasteiger partial charge is 0.493 e. The smallest absolute Gasteiger partial charge is 0.275 e. The van der Waals surface area contributed by atoms with E-state index in [0.29, 0.717) is 17.9 Å². The number of benzene rings is 1. The molecule has 5 nitrogen and oxygen atoms in total. The van der Waals surface area contributed by atoms with Crippen LogP contribution in [0, 0.1) is 17.0 Å². The van der Waals surface area contributed by atoms with Gasteiger partial charge in [0.2, 0.25) is 0 Å². The van der Waals surface area contributed by atoms with Crippen LogP contribution in [0.3, 0.4) is 0 Å². The van der Waals surface area contributed by atoms with E-state index in [-0.39, 0.29) is 12.3 Å². The normalized spacial score (nSPS) is 10.2. The third-order valence-electron chi connectivity index (χ3n) is 2.45. The van der Waals surface area contributed by atoms with Crippen molar-refractivity contribution in [3.8, 4) is 5.75 Å². The Morgan fingerprint density at radius 1 is 1.35 bits per heavy atom. The summed E-state index contributed by atoms with van der Waals surface area (Å²) in [7, 11) is 0. The number of nitrogens with zero attached hydrogens (tertiary/aromatic N) is 1. The molecule has 0 aliphatic heterocycles. The first-order valence-corrected chi connectivity index (χ1v) is 5.64. The van der Waals surface area contributed by atoms with Gasteiger partial charge >= 0.3 is 0 Å². The fourth-order valence-electron chi connectivity index (χ4n) is 1.46. The Kier molecular flexibility index (Phi) is 5.42. The van der Waals surface area contributed by atoms with Crippen molar-refractivity contribution in [3.63, 3.8) is 0 Å². The van der Waals surface area contributed by atoms with Gasteiger partial charge in [-0.25, -0.2) is 0 Å². The van der Waals surface area contributed by atoms with Crippen LogP contribution in [0.5, 0.6) is 5.75 Å². The summed E-state index contributed by atoms with van der Waals surface area (Å²) in [5.41, 5.74) is 0.709. The van der Waals surface area contributed by atoms with Crippen molar-refractivity contribution in [2.24, 2.45) is 0 Å². The SMILES string of the molecule is Cc1ccc(OCCCCCO)cc1[N+](=O)[O-]. The van der Waals surface area contributed by atoms with Crippen molar-refractivity contribution in [2.75, 3.05) is 13.2 Å². The Labute approximate surface area is 100 Å². The molecule has 1 aromatic carbocycles. The second-order valence-electron chi connectivity index (χ2n) is 3.84. The van der Waals surface area contributed by atoms with Crippen LogP contribution in [0.25, 0.3) is 0 Å². The maximum Gasteiger partial charge on any atom is 0.275 e. The number of hydrogen-bond acceptors (Lipinski definition) is 4. The number of nitro benzene ring substituents is 1. The summed E-state index contributed by atoms with van der Waals surface area (Å²) in [6, 6.07) is 4.86. The lowest BCUT2D eigenvalue weighted by Crippen LogP contribution is -1.99. The van der Waals surface area contributed by atoms with E-state index in [2.05, 4.69) is 0 Å². The van der Waals surface area contributed by atoms with Crippen LogP contribution in [0.1, 0.15) is 24.8 Å². The Morgan fingerprint density at radius 2 is 2.12 bits per heavy atom. The first-order chi connectivity index (χ1) is 8.15. The van der Waals surface area contributed by atoms with Crippen molar-refractivity contribution >= 4 is 5.69 Å². The summed E-state index contributed by atoms with van der Waals surface area (Å²) in [6.07, 6.45) is 2.49. The minimum Gasteiger partial charge on any atom is -0.493 e. The van der Waals surface area contributed by atoms with Gasteiger partial charge in [0.25, 0.3) is 5.69 Å². The van der Waals surface area contributed by atoms with Gasteiger partial charge in [-0.15, -0.1) is 0 Å². The van der Waals surface area contributed by atoms with Gasteiger partial charge < -0.3 is 9.84 Å². The van der Waals surface area contributed by atoms with Gasteiger partial charge in [0.15, 0.2) is 0 Å². The maximum atomic E-state index is 10.7. The third kappa shape index (κ3) is 4.40. The van der Waals surface area contributed by atoms with Crippen LogP contribution < -0.4 is 4.74 Å². The maximum absolute atomic E-state index is 10.7. The molecule has 1 aromatic rings. The van der Waals surface area contributed by atoms with Crippen LogP contribution in [0.4, 0.5) is 5.69 Å². The average molecular weight is 239 g/mol. The number of hydrogen-bond donors (Lipinski definition) is 1. The van der Waals surface area contributed by atoms with Crippen LogP contribution in [0.15, 0.2) is 18.2 Å². The van der Waals surface area contributed by atoms with E-state index in [0.717, 1.165) is 19.3 Å². The molecule has 0 unspecified atom stereocenters. The average Bonchev–Trinajstić information content (AvgIpc) is 2.30. The predicted molar refractivity (Wildman–Crippen MR) is 64.3 cm³/mol. The molecule has 5 heteroatoms. The Morgan fingerprint density at radius 3 is 2.76 bits per heavy atom. The lowest BCUT2D eigenvalue weighted by atomic mass is 10.2. The molecule has 0 aliphatic carbocycles. The van der Waals surface area contributed by atoms with E-state index in [1.807, 2.05) is 0 Å². The molecule has 0 amide bonds. The Bertz CT molecular complexity index is 379. The Balaban J connectivity index is 2.49. The van der Waals surface area contributed by atoms with Crippen molar-refractivity contribution < 1.29 is 14.8 Å². The molecular weight excluding hydrogens is 222 g/mol. The highest BCUT2D eigenvalue weighted by atomic mass is 16.6. The molecule has 0 heterocycles. The molecule has 0 atom stereocenters. The molecule has 0 radical (unpaired) electrons. The highest BCUT2D eigenvalue weighted by Gasteiger charge is 2.11. The molecular formula is C12H17NO4. The molecule has 0 aliphatic rings. The van der Waals surface area contributed by atoms with E-state index in [1.54, 1.807) is 19.1 Å². The second kappa shape index (κ2) is 6.85. The van der Waals surface area contributed by atoms with Crippen LogP contribution in [0.2, 0.25) is 0 Å². The predicted octanol–water partition coefficient (Wildman–Crippen LogP) is 2.44. The fraction of sp³-hybridized carbons (Fsp3) is 0.500. The van der Waals surface area contributed by atoms with Crippen LogP contribution in [-0.2, 0) is 0 Å². The van der Waals surface area contributed by atoms with E-state index in [9.17, 15) is 10.1 Å². The van der Waals surface area contributed by atoms with Gasteiger partial charge in [-0.2, -0.15) is 0 Å². The number of aliphatic hydroxyl groups excluding tert-OH is 1. The van der Waals surface area contributed by atoms with Gasteiger partial charge in [-0.3, -0.25) is 10.1 Å². The number of unbranched alkanes of at least 4 members (excludes halogenated alkanes) is 2. The number of aryl methyl sites for hydroxylation is 1. The highest BCUT2D eigenvalue weighted by molar-refractivity contribution is 5.45. The molecule has 0 saturated heterocycles. The molecule has 0 fully saturated rings. The van der Waals surface area contributed by atoms with Gasteiger partial charge in [-0.05, 0) is 38.3 Å². The molecule has 1 N–H and O–H groups in total. The van der Waals surface area contributed by atoms with Gasteiger partial charge in [0, 0.05) is 12.2 Å². The van der Waals surface area contributed by atoms with E-state index in [4.69, 9.17) is 9.84 Å². The zero-order valence-corrected chi connectivity index (χ0v) is 9.89. The van der Waals surface area contributed by atoms with Crippen molar-refractivity contribution in [3.05, 3.63) is 33.9 Å². The molecule has 94 valence electrons. The molecule has 17 heavy (non-hydrogen) atoms. The van der Waals surface area contributed by atoms with E-state index >= 15 is 0 Å². The summed E-state index contributed by atoms with van der Waals surface area (Å²) in [4.78, 5) is 10.3. The summed E-state index contributed by atoms with van der Waals surface area (Å²) >= 11 is 0. The highest BCUT2D eigenvalue weighted by Crippen LogP contribution is 2.23. The minimum atomic E-state index is -0.409. The Hall–Kier alpha value is -1.62. The first-order valence-electron chi connectivity index (χ1n) is 5.64. The summed E-state index contributed by atoms with van der Waals surface area (Å²) < 4.78 is 5.41. The summed E-state index contributed by atoms with van der Waals surface area (Å²) in [6.45, 7) is 2.40. The molecule has 0 aromatic heterocycles. The van der Waals surface area contributed by atoms with E-state index in [1.165, 1.54) is 6.07 Å². The molecule has 0 bridgehead atoms. The summed E-state index contributed by atoms with van der Waals surface area (Å²) in [5, 5.41) is 19.3. The number of aliphatic hydroxyl groups is 1. The minimum absolute atomic E-state index is 0.0814. The first kappa shape index (κ1) is 13.4. The van der Waals surface area contributed by atoms with E-state index < -0.39 is 4.92 Å². The quantitative estimate of drug-likeness (QED) is 0.450. The van der Waals surface area contributed by atoms with Gasteiger partial charge in [0.1, 0.15) is 5.75 Å². The van der Waals surface area contributed by atoms with Gasteiger partial charge in [-0.1, -0.05) is 0 Å². The fourth-order valence-corrected chi connectivity index (χ4v) is 1.46. The third-order valence-corrected chi connectivity index (χ3v) is 2.45. The van der Waals surface area contributed by atoms with Crippen LogP contribution in [-0.4, -0.2) is 23.2 Å². The second-order valence-corrected chi connectivity index (χ2v) is 3.84. The van der Waals surface area contributed by atoms with Gasteiger partial charge in [0.05, 0.1) is 17.6 Å². The molecule has 0 saturated carbocycles. The molecule has 1 rings (SSSR count). The standard InChI is InChI=1S/C12H17NO4/c1-10-5-6-11(9-12(10)13(15)16)17-8-4-2-3-7-14/h5-6,9,14H,2-4,7-8H2,1H3. The zero-order valence-electron chi connectivity index (χ0n) is 9.89. The van der Waals surface area contributed by atoms with Crippen LogP contribution >= 0.6 is 0 Å². The lowest BCUT2D eigenvalue weighted by Gasteiger charge is -2.06. The number of ether oxygens (including phenoxy) is 1. The lowest BCUT2D eigenvalue weighted by molar-refractivity contribution is -0.385. The molecule has 0 spiro atoms.